The number of aromatic nitrogens is 2. The van der Waals surface area contributed by atoms with Crippen molar-refractivity contribution in [2.45, 2.75) is 46.2 Å². The van der Waals surface area contributed by atoms with Gasteiger partial charge in [-0.2, -0.15) is 0 Å². The van der Waals surface area contributed by atoms with Gasteiger partial charge in [-0.25, -0.2) is 9.78 Å². The third kappa shape index (κ3) is 5.39. The van der Waals surface area contributed by atoms with Crippen molar-refractivity contribution in [3.63, 3.8) is 0 Å². The summed E-state index contributed by atoms with van der Waals surface area (Å²) in [5, 5.41) is 4.75. The maximum atomic E-state index is 13.4. The molecule has 0 saturated carbocycles. The topological polar surface area (TPSA) is 87.3 Å². The smallest absolute Gasteiger partial charge is 0.407 e. The van der Waals surface area contributed by atoms with E-state index in [1.807, 2.05) is 40.0 Å². The van der Waals surface area contributed by atoms with Crippen LogP contribution in [0, 0.1) is 5.92 Å². The fourth-order valence-electron chi connectivity index (χ4n) is 3.47. The minimum atomic E-state index is -0.670. The molecule has 0 aliphatic rings. The molecule has 2 N–H and O–H groups in total. The first kappa shape index (κ1) is 24.0. The lowest BCUT2D eigenvalue weighted by atomic mass is 10.0. The second-order valence-electron chi connectivity index (χ2n) is 7.89. The van der Waals surface area contributed by atoms with Crippen molar-refractivity contribution in [2.24, 2.45) is 5.92 Å². The van der Waals surface area contributed by atoms with Crippen LogP contribution in [-0.2, 0) is 9.53 Å². The Morgan fingerprint density at radius 3 is 2.56 bits per heavy atom. The lowest BCUT2D eigenvalue weighted by Crippen LogP contribution is -2.52. The molecule has 3 aromatic rings. The number of methoxy groups -OCH3 is 1. The number of amides is 2. The van der Waals surface area contributed by atoms with E-state index in [1.54, 1.807) is 27.6 Å². The highest BCUT2D eigenvalue weighted by atomic mass is 32.1. The van der Waals surface area contributed by atoms with Gasteiger partial charge in [0, 0.05) is 16.3 Å². The molecule has 3 rings (SSSR count). The van der Waals surface area contributed by atoms with Gasteiger partial charge in [-0.05, 0) is 42.8 Å². The predicted molar refractivity (Wildman–Crippen MR) is 130 cm³/mol. The van der Waals surface area contributed by atoms with E-state index in [4.69, 9.17) is 4.74 Å². The number of hydrogen-bond donors (Lipinski definition) is 2. The zero-order valence-electron chi connectivity index (χ0n) is 19.0. The van der Waals surface area contributed by atoms with Crippen LogP contribution in [0.15, 0.2) is 35.8 Å². The minimum Gasteiger partial charge on any atom is -0.453 e. The number of rotatable bonds is 9. The molecule has 2 amide bonds. The minimum absolute atomic E-state index is 0.0814. The van der Waals surface area contributed by atoms with E-state index in [1.165, 1.54) is 16.9 Å². The molecule has 32 heavy (non-hydrogen) atoms. The first-order valence-electron chi connectivity index (χ1n) is 10.7. The zero-order valence-corrected chi connectivity index (χ0v) is 20.7. The molecule has 7 nitrogen and oxygen atoms in total. The molecule has 0 saturated heterocycles. The summed E-state index contributed by atoms with van der Waals surface area (Å²) in [6.07, 6.45) is 2.00. The Labute approximate surface area is 196 Å². The Morgan fingerprint density at radius 2 is 1.94 bits per heavy atom. The number of thiophene rings is 2. The molecule has 0 bridgehead atoms. The van der Waals surface area contributed by atoms with Crippen molar-refractivity contribution in [3.8, 4) is 20.3 Å². The highest BCUT2D eigenvalue weighted by molar-refractivity contribution is 7.23. The van der Waals surface area contributed by atoms with Gasteiger partial charge in [0.1, 0.15) is 11.9 Å². The number of aromatic amines is 1. The van der Waals surface area contributed by atoms with Gasteiger partial charge in [-0.15, -0.1) is 22.7 Å². The number of carbonyl (C=O) groups excluding carboxylic acids is 2. The van der Waals surface area contributed by atoms with Crippen molar-refractivity contribution in [2.75, 3.05) is 13.7 Å². The molecule has 0 unspecified atom stereocenters. The molecule has 0 fully saturated rings. The molecule has 2 atom stereocenters. The van der Waals surface area contributed by atoms with Gasteiger partial charge in [-0.1, -0.05) is 26.8 Å². The highest BCUT2D eigenvalue weighted by Crippen LogP contribution is 2.36. The summed E-state index contributed by atoms with van der Waals surface area (Å²) in [5.74, 6) is 0.490. The first-order chi connectivity index (χ1) is 15.3. The molecule has 0 radical (unpaired) electrons. The van der Waals surface area contributed by atoms with Gasteiger partial charge in [0.05, 0.1) is 29.9 Å². The van der Waals surface area contributed by atoms with Gasteiger partial charge in [-0.3, -0.25) is 4.79 Å². The summed E-state index contributed by atoms with van der Waals surface area (Å²) in [6.45, 7) is 8.35. The Morgan fingerprint density at radius 1 is 1.19 bits per heavy atom. The zero-order chi connectivity index (χ0) is 23.3. The highest BCUT2D eigenvalue weighted by Gasteiger charge is 2.32. The van der Waals surface area contributed by atoms with E-state index in [-0.39, 0.29) is 17.9 Å². The number of hydrogen-bond acceptors (Lipinski definition) is 6. The Balaban J connectivity index is 1.81. The van der Waals surface area contributed by atoms with E-state index in [0.717, 1.165) is 17.0 Å². The van der Waals surface area contributed by atoms with E-state index in [0.29, 0.717) is 12.4 Å². The van der Waals surface area contributed by atoms with Crippen molar-refractivity contribution in [1.29, 1.82) is 0 Å². The second kappa shape index (κ2) is 10.8. The van der Waals surface area contributed by atoms with Gasteiger partial charge >= 0.3 is 6.09 Å². The number of ether oxygens (including phenoxy) is 1. The second-order valence-corrected chi connectivity index (χ2v) is 9.92. The van der Waals surface area contributed by atoms with E-state index in [9.17, 15) is 9.59 Å². The Kier molecular flexibility index (Phi) is 8.09. The van der Waals surface area contributed by atoms with Crippen LogP contribution in [0.3, 0.4) is 0 Å². The number of nitrogens with zero attached hydrogens (tertiary/aromatic N) is 2. The van der Waals surface area contributed by atoms with Crippen LogP contribution in [0.5, 0.6) is 0 Å². The predicted octanol–water partition coefficient (Wildman–Crippen LogP) is 5.55. The standard InChI is InChI=1S/C23H30N4O3S2/c1-6-11-27(22(28)20(14(2)3)26-23(29)30-5)15(4)21-24-13-16(25-21)17-9-10-19(32-17)18-8-7-12-31-18/h7-10,12-15,20H,6,11H2,1-5H3,(H,24,25)(H,26,29)/t15-,20-/m0/s1. The van der Waals surface area contributed by atoms with Crippen LogP contribution < -0.4 is 5.32 Å². The van der Waals surface area contributed by atoms with Crippen molar-refractivity contribution in [1.82, 2.24) is 20.2 Å². The molecule has 0 spiro atoms. The third-order valence-corrected chi connectivity index (χ3v) is 7.42. The third-order valence-electron chi connectivity index (χ3n) is 5.23. The van der Waals surface area contributed by atoms with Crippen molar-refractivity contribution < 1.29 is 14.3 Å². The summed E-state index contributed by atoms with van der Waals surface area (Å²) in [6, 6.07) is 7.43. The lowest BCUT2D eigenvalue weighted by Gasteiger charge is -2.33. The van der Waals surface area contributed by atoms with E-state index in [2.05, 4.69) is 38.9 Å². The maximum absolute atomic E-state index is 13.4. The summed E-state index contributed by atoms with van der Waals surface area (Å²) in [5.41, 5.74) is 0.927. The average molecular weight is 475 g/mol. The molecular weight excluding hydrogens is 444 g/mol. The Bertz CT molecular complexity index is 1030. The summed E-state index contributed by atoms with van der Waals surface area (Å²) < 4.78 is 4.71. The summed E-state index contributed by atoms with van der Waals surface area (Å²) in [7, 11) is 1.29. The van der Waals surface area contributed by atoms with Crippen LogP contribution in [-0.4, -0.2) is 46.6 Å². The first-order valence-corrected chi connectivity index (χ1v) is 12.4. The van der Waals surface area contributed by atoms with Gasteiger partial charge in [0.2, 0.25) is 5.91 Å². The molecule has 0 aromatic carbocycles. The Hall–Kier alpha value is -2.65. The number of imidazole rings is 1. The molecular formula is C23H30N4O3S2. The summed E-state index contributed by atoms with van der Waals surface area (Å²) in [4.78, 5) is 38.5. The molecule has 0 aliphatic carbocycles. The van der Waals surface area contributed by atoms with Gasteiger partial charge in [0.15, 0.2) is 0 Å². The number of nitrogens with one attached hydrogen (secondary N) is 2. The quantitative estimate of drug-likeness (QED) is 0.426. The normalized spacial score (nSPS) is 13.1. The van der Waals surface area contributed by atoms with Crippen LogP contribution in [0.25, 0.3) is 20.3 Å². The SMILES string of the molecule is CCCN(C(=O)[C@@H](NC(=O)OC)C(C)C)[C@@H](C)c1ncc(-c2ccc(-c3cccs3)s2)[nH]1. The van der Waals surface area contributed by atoms with Gasteiger partial charge in [0.25, 0.3) is 0 Å². The monoisotopic (exact) mass is 474 g/mol. The van der Waals surface area contributed by atoms with Crippen LogP contribution in [0.2, 0.25) is 0 Å². The summed E-state index contributed by atoms with van der Waals surface area (Å²) >= 11 is 3.43. The fraction of sp³-hybridized carbons (Fsp3) is 0.435. The molecule has 172 valence electrons. The van der Waals surface area contributed by atoms with E-state index < -0.39 is 12.1 Å². The van der Waals surface area contributed by atoms with Crippen LogP contribution in [0.1, 0.15) is 46.0 Å². The van der Waals surface area contributed by atoms with Crippen molar-refractivity contribution in [3.05, 3.63) is 41.7 Å². The van der Waals surface area contributed by atoms with E-state index >= 15 is 0 Å². The average Bonchev–Trinajstić information content (AvgIpc) is 3.54. The number of carbonyl (C=O) groups is 2. The molecule has 3 heterocycles. The fourth-order valence-corrected chi connectivity index (χ4v) is 5.28. The van der Waals surface area contributed by atoms with Crippen LogP contribution in [0.4, 0.5) is 4.79 Å². The number of alkyl carbamates (subject to hydrolysis) is 1. The molecule has 0 aliphatic heterocycles. The van der Waals surface area contributed by atoms with Gasteiger partial charge < -0.3 is 19.9 Å². The lowest BCUT2D eigenvalue weighted by molar-refractivity contribution is -0.136. The van der Waals surface area contributed by atoms with Crippen molar-refractivity contribution >= 4 is 34.7 Å². The van der Waals surface area contributed by atoms with Crippen LogP contribution >= 0.6 is 22.7 Å². The number of H-pyrrole nitrogens is 1. The largest absolute Gasteiger partial charge is 0.453 e. The molecule has 3 aromatic heterocycles. The maximum Gasteiger partial charge on any atom is 0.407 e. The molecule has 9 heteroatoms.